The van der Waals surface area contributed by atoms with Crippen molar-refractivity contribution in [1.29, 1.82) is 0 Å². The van der Waals surface area contributed by atoms with Crippen molar-refractivity contribution in [2.24, 2.45) is 5.92 Å². The van der Waals surface area contributed by atoms with Crippen molar-refractivity contribution in [3.05, 3.63) is 102 Å². The van der Waals surface area contributed by atoms with Gasteiger partial charge in [-0.1, -0.05) is 54.6 Å². The van der Waals surface area contributed by atoms with Gasteiger partial charge in [-0.05, 0) is 65.1 Å². The third-order valence-corrected chi connectivity index (χ3v) is 7.72. The fraction of sp³-hybridized carbons (Fsp3) is 0.250. The van der Waals surface area contributed by atoms with E-state index in [1.165, 1.54) is 0 Å². The SMILES string of the molecule is COc1ccccc1N1CCN(C(=O)c2ccc([C@@H]3C[C@H]3C(=O)Nc3ccc4ccccc4c3)cc2)CC1. The zero-order chi connectivity index (χ0) is 26.1. The Bertz CT molecular complexity index is 1480. The molecule has 0 radical (unpaired) electrons. The summed E-state index contributed by atoms with van der Waals surface area (Å²) in [6.07, 6.45) is 0.831. The number of hydrogen-bond acceptors (Lipinski definition) is 4. The van der Waals surface area contributed by atoms with Crippen LogP contribution >= 0.6 is 0 Å². The highest BCUT2D eigenvalue weighted by atomic mass is 16.5. The van der Waals surface area contributed by atoms with Gasteiger partial charge in [0.15, 0.2) is 0 Å². The van der Waals surface area contributed by atoms with Gasteiger partial charge in [-0.25, -0.2) is 0 Å². The molecular weight excluding hydrogens is 474 g/mol. The number of carbonyl (C=O) groups is 2. The normalized spacial score (nSPS) is 18.8. The molecule has 2 amide bonds. The van der Waals surface area contributed by atoms with Crippen LogP contribution in [0.5, 0.6) is 5.75 Å². The molecule has 6 heteroatoms. The van der Waals surface area contributed by atoms with Crippen LogP contribution in [-0.2, 0) is 4.79 Å². The number of ether oxygens (including phenoxy) is 1. The van der Waals surface area contributed by atoms with E-state index in [1.54, 1.807) is 7.11 Å². The van der Waals surface area contributed by atoms with Crippen LogP contribution in [0.1, 0.15) is 28.3 Å². The third-order valence-electron chi connectivity index (χ3n) is 7.72. The number of anilines is 2. The van der Waals surface area contributed by atoms with Crippen LogP contribution in [-0.4, -0.2) is 50.0 Å². The van der Waals surface area contributed by atoms with Crippen molar-refractivity contribution in [3.63, 3.8) is 0 Å². The van der Waals surface area contributed by atoms with Crippen molar-refractivity contribution in [3.8, 4) is 5.75 Å². The van der Waals surface area contributed by atoms with Crippen LogP contribution in [0.4, 0.5) is 11.4 Å². The lowest BCUT2D eigenvalue weighted by atomic mass is 10.1. The molecule has 0 unspecified atom stereocenters. The van der Waals surface area contributed by atoms with Gasteiger partial charge in [-0.3, -0.25) is 9.59 Å². The van der Waals surface area contributed by atoms with Gasteiger partial charge in [0, 0.05) is 43.3 Å². The largest absolute Gasteiger partial charge is 0.495 e. The van der Waals surface area contributed by atoms with Gasteiger partial charge < -0.3 is 19.9 Å². The van der Waals surface area contributed by atoms with Crippen LogP contribution in [0.25, 0.3) is 10.8 Å². The van der Waals surface area contributed by atoms with Gasteiger partial charge in [0.25, 0.3) is 5.91 Å². The lowest BCUT2D eigenvalue weighted by Gasteiger charge is -2.36. The second kappa shape index (κ2) is 10.2. The van der Waals surface area contributed by atoms with Crippen molar-refractivity contribution in [2.45, 2.75) is 12.3 Å². The number of rotatable bonds is 6. The molecule has 0 spiro atoms. The first-order valence-corrected chi connectivity index (χ1v) is 13.2. The molecule has 0 aromatic heterocycles. The quantitative estimate of drug-likeness (QED) is 0.373. The first kappa shape index (κ1) is 24.0. The van der Waals surface area contributed by atoms with E-state index in [0.29, 0.717) is 18.7 Å². The van der Waals surface area contributed by atoms with Crippen molar-refractivity contribution >= 4 is 34.0 Å². The minimum Gasteiger partial charge on any atom is -0.495 e. The summed E-state index contributed by atoms with van der Waals surface area (Å²) >= 11 is 0. The highest BCUT2D eigenvalue weighted by Gasteiger charge is 2.44. The predicted octanol–water partition coefficient (Wildman–Crippen LogP) is 5.55. The molecular formula is C32H31N3O3. The molecule has 6 nitrogen and oxygen atoms in total. The molecule has 192 valence electrons. The topological polar surface area (TPSA) is 61.9 Å². The van der Waals surface area contributed by atoms with Gasteiger partial charge >= 0.3 is 0 Å². The van der Waals surface area contributed by atoms with E-state index >= 15 is 0 Å². The van der Waals surface area contributed by atoms with Gasteiger partial charge in [0.1, 0.15) is 5.75 Å². The molecule has 1 aliphatic heterocycles. The minimum absolute atomic E-state index is 0.0360. The number of methoxy groups -OCH3 is 1. The monoisotopic (exact) mass is 505 g/mol. The van der Waals surface area contributed by atoms with E-state index in [2.05, 4.69) is 22.3 Å². The Hall–Kier alpha value is -4.32. The molecule has 1 N–H and O–H groups in total. The average molecular weight is 506 g/mol. The van der Waals surface area contributed by atoms with Crippen molar-refractivity contribution in [1.82, 2.24) is 4.90 Å². The van der Waals surface area contributed by atoms with E-state index in [9.17, 15) is 9.59 Å². The zero-order valence-electron chi connectivity index (χ0n) is 21.5. The van der Waals surface area contributed by atoms with Gasteiger partial charge in [-0.15, -0.1) is 0 Å². The summed E-state index contributed by atoms with van der Waals surface area (Å²) < 4.78 is 5.50. The maximum absolute atomic E-state index is 13.2. The maximum atomic E-state index is 13.2. The number of para-hydroxylation sites is 2. The van der Waals surface area contributed by atoms with E-state index in [1.807, 2.05) is 83.8 Å². The molecule has 1 heterocycles. The molecule has 0 bridgehead atoms. The fourth-order valence-corrected chi connectivity index (χ4v) is 5.45. The van der Waals surface area contributed by atoms with Crippen LogP contribution < -0.4 is 15.0 Å². The predicted molar refractivity (Wildman–Crippen MR) is 151 cm³/mol. The Morgan fingerprint density at radius 1 is 0.816 bits per heavy atom. The van der Waals surface area contributed by atoms with E-state index in [0.717, 1.165) is 53.0 Å². The standard InChI is InChI=1S/C32H31N3O3/c1-38-30-9-5-4-8-29(30)34-16-18-35(19-17-34)32(37)24-12-10-23(11-13-24)27-21-28(27)31(36)33-26-15-14-22-6-2-3-7-25(22)20-26/h2-15,20,27-28H,16-19,21H2,1H3,(H,33,36)/t27-,28+/m0/s1. The number of nitrogens with one attached hydrogen (secondary N) is 1. The van der Waals surface area contributed by atoms with E-state index in [-0.39, 0.29) is 23.7 Å². The Balaban J connectivity index is 1.04. The second-order valence-electron chi connectivity index (χ2n) is 10.1. The fourth-order valence-electron chi connectivity index (χ4n) is 5.45. The van der Waals surface area contributed by atoms with Crippen molar-refractivity contribution < 1.29 is 14.3 Å². The molecule has 38 heavy (non-hydrogen) atoms. The molecule has 2 atom stereocenters. The maximum Gasteiger partial charge on any atom is 0.253 e. The van der Waals surface area contributed by atoms with Crippen LogP contribution in [0.3, 0.4) is 0 Å². The van der Waals surface area contributed by atoms with Gasteiger partial charge in [0.05, 0.1) is 12.8 Å². The molecule has 2 aliphatic rings. The number of hydrogen-bond donors (Lipinski definition) is 1. The van der Waals surface area contributed by atoms with Gasteiger partial charge in [0.2, 0.25) is 5.91 Å². The molecule has 4 aromatic carbocycles. The number of nitrogens with zero attached hydrogens (tertiary/aromatic N) is 2. The molecule has 4 aromatic rings. The van der Waals surface area contributed by atoms with E-state index < -0.39 is 0 Å². The van der Waals surface area contributed by atoms with Crippen molar-refractivity contribution in [2.75, 3.05) is 43.5 Å². The molecule has 1 aliphatic carbocycles. The minimum atomic E-state index is -0.0360. The first-order chi connectivity index (χ1) is 18.6. The lowest BCUT2D eigenvalue weighted by molar-refractivity contribution is -0.117. The lowest BCUT2D eigenvalue weighted by Crippen LogP contribution is -2.48. The molecule has 1 saturated heterocycles. The number of piperazine rings is 1. The third kappa shape index (κ3) is 4.82. The molecule has 2 fully saturated rings. The summed E-state index contributed by atoms with van der Waals surface area (Å²) in [5.41, 5.74) is 3.69. The highest BCUT2D eigenvalue weighted by Crippen LogP contribution is 2.48. The Morgan fingerprint density at radius 3 is 2.29 bits per heavy atom. The first-order valence-electron chi connectivity index (χ1n) is 13.2. The smallest absolute Gasteiger partial charge is 0.253 e. The van der Waals surface area contributed by atoms with Crippen LogP contribution in [0.15, 0.2) is 91.0 Å². The number of benzene rings is 4. The Morgan fingerprint density at radius 2 is 1.53 bits per heavy atom. The zero-order valence-corrected chi connectivity index (χ0v) is 21.5. The second-order valence-corrected chi connectivity index (χ2v) is 10.1. The summed E-state index contributed by atoms with van der Waals surface area (Å²) in [4.78, 5) is 30.2. The molecule has 6 rings (SSSR count). The number of fused-ring (bicyclic) bond motifs is 1. The Kier molecular flexibility index (Phi) is 6.46. The highest BCUT2D eigenvalue weighted by molar-refractivity contribution is 5.98. The summed E-state index contributed by atoms with van der Waals surface area (Å²) in [5, 5.41) is 5.34. The van der Waals surface area contributed by atoms with Gasteiger partial charge in [-0.2, -0.15) is 0 Å². The summed E-state index contributed by atoms with van der Waals surface area (Å²) in [6.45, 7) is 2.86. The number of carbonyl (C=O) groups excluding carboxylic acids is 2. The van der Waals surface area contributed by atoms with Crippen LogP contribution in [0.2, 0.25) is 0 Å². The summed E-state index contributed by atoms with van der Waals surface area (Å²) in [5.74, 6) is 1.12. The summed E-state index contributed by atoms with van der Waals surface area (Å²) in [6, 6.07) is 29.9. The average Bonchev–Trinajstić information content (AvgIpc) is 3.78. The van der Waals surface area contributed by atoms with E-state index in [4.69, 9.17) is 4.74 Å². The Labute approximate surface area is 222 Å². The molecule has 1 saturated carbocycles. The summed E-state index contributed by atoms with van der Waals surface area (Å²) in [7, 11) is 1.68. The van der Waals surface area contributed by atoms with Crippen LogP contribution in [0, 0.1) is 5.92 Å². The number of amides is 2.